The van der Waals surface area contributed by atoms with Crippen LogP contribution in [0.4, 0.5) is 0 Å². The van der Waals surface area contributed by atoms with E-state index in [2.05, 4.69) is 4.98 Å². The molecular weight excluding hydrogens is 164 g/mol. The van der Waals surface area contributed by atoms with Crippen molar-refractivity contribution in [3.05, 3.63) is 29.6 Å². The average Bonchev–Trinajstić information content (AvgIpc) is 2.14. The van der Waals surface area contributed by atoms with Gasteiger partial charge in [-0.2, -0.15) is 0 Å². The molecule has 3 nitrogen and oxygen atoms in total. The van der Waals surface area contributed by atoms with Crippen LogP contribution in [0.25, 0.3) is 0 Å². The highest BCUT2D eigenvalue weighted by Gasteiger charge is 2.05. The molecule has 0 atom stereocenters. The van der Waals surface area contributed by atoms with Gasteiger partial charge < -0.3 is 5.73 Å². The normalized spacial score (nSPS) is 10.0. The number of hydrogen-bond acceptors (Lipinski definition) is 3. The number of hydrogen-bond donors (Lipinski definition) is 1. The number of ketones is 1. The summed E-state index contributed by atoms with van der Waals surface area (Å²) in [6.45, 7) is 2.50. The summed E-state index contributed by atoms with van der Waals surface area (Å²) in [5.74, 6) is 0.0779. The Balaban J connectivity index is 2.66. The van der Waals surface area contributed by atoms with Crippen molar-refractivity contribution in [1.82, 2.24) is 4.98 Å². The van der Waals surface area contributed by atoms with Crippen LogP contribution in [0.15, 0.2) is 18.3 Å². The van der Waals surface area contributed by atoms with Crippen molar-refractivity contribution in [1.29, 1.82) is 0 Å². The summed E-state index contributed by atoms with van der Waals surface area (Å²) >= 11 is 0. The van der Waals surface area contributed by atoms with Crippen LogP contribution in [0.2, 0.25) is 0 Å². The van der Waals surface area contributed by atoms with Crippen LogP contribution in [0.5, 0.6) is 0 Å². The van der Waals surface area contributed by atoms with Gasteiger partial charge in [-0.1, -0.05) is 0 Å². The lowest BCUT2D eigenvalue weighted by atomic mass is 10.1. The van der Waals surface area contributed by atoms with E-state index in [9.17, 15) is 4.79 Å². The summed E-state index contributed by atoms with van der Waals surface area (Å²) in [4.78, 5) is 15.4. The molecular formula is C10H14N2O. The molecule has 0 spiro atoms. The Hall–Kier alpha value is -1.22. The zero-order valence-electron chi connectivity index (χ0n) is 7.79. The van der Waals surface area contributed by atoms with Crippen molar-refractivity contribution in [2.24, 2.45) is 5.73 Å². The van der Waals surface area contributed by atoms with Crippen LogP contribution in [-0.4, -0.2) is 17.3 Å². The molecule has 0 unspecified atom stereocenters. The zero-order chi connectivity index (χ0) is 9.68. The lowest BCUT2D eigenvalue weighted by molar-refractivity contribution is 0.0976. The fourth-order valence-electron chi connectivity index (χ4n) is 1.08. The number of aryl methyl sites for hydroxylation is 1. The highest BCUT2D eigenvalue weighted by Crippen LogP contribution is 2.04. The summed E-state index contributed by atoms with van der Waals surface area (Å²) in [6, 6.07) is 3.68. The van der Waals surface area contributed by atoms with Crippen LogP contribution in [0, 0.1) is 6.92 Å². The molecule has 0 aliphatic heterocycles. The van der Waals surface area contributed by atoms with Gasteiger partial charge in [0, 0.05) is 12.6 Å². The second-order valence-electron chi connectivity index (χ2n) is 3.03. The van der Waals surface area contributed by atoms with E-state index in [1.54, 1.807) is 12.3 Å². The van der Waals surface area contributed by atoms with Gasteiger partial charge in [0.15, 0.2) is 5.78 Å². The summed E-state index contributed by atoms with van der Waals surface area (Å²) in [5.41, 5.74) is 6.92. The number of carbonyl (C=O) groups is 1. The maximum atomic E-state index is 11.4. The number of nitrogens with zero attached hydrogens (tertiary/aromatic N) is 1. The van der Waals surface area contributed by atoms with Gasteiger partial charge in [-0.15, -0.1) is 0 Å². The first kappa shape index (κ1) is 9.86. The van der Waals surface area contributed by atoms with E-state index >= 15 is 0 Å². The molecule has 3 heteroatoms. The number of Topliss-reactive ketones (excluding diaryl/α,β-unsaturated/α-hetero) is 1. The first-order valence-electron chi connectivity index (χ1n) is 4.40. The molecule has 0 aliphatic rings. The van der Waals surface area contributed by atoms with Gasteiger partial charge in [0.1, 0.15) is 5.69 Å². The molecule has 0 aliphatic carbocycles. The van der Waals surface area contributed by atoms with Crippen molar-refractivity contribution in [2.45, 2.75) is 19.8 Å². The second-order valence-corrected chi connectivity index (χ2v) is 3.03. The molecule has 0 radical (unpaired) electrons. The van der Waals surface area contributed by atoms with Crippen molar-refractivity contribution in [2.75, 3.05) is 6.54 Å². The Morgan fingerprint density at radius 1 is 1.62 bits per heavy atom. The Kier molecular flexibility index (Phi) is 3.58. The molecule has 1 aromatic rings. The molecule has 1 rings (SSSR count). The predicted octanol–water partition coefficient (Wildman–Crippen LogP) is 1.31. The molecule has 0 saturated heterocycles. The van der Waals surface area contributed by atoms with Crippen LogP contribution >= 0.6 is 0 Å². The fourth-order valence-corrected chi connectivity index (χ4v) is 1.08. The van der Waals surface area contributed by atoms with Crippen LogP contribution < -0.4 is 5.73 Å². The maximum Gasteiger partial charge on any atom is 0.181 e. The molecule has 0 amide bonds. The number of carbonyl (C=O) groups excluding carboxylic acids is 1. The lowest BCUT2D eigenvalue weighted by Gasteiger charge is -1.99. The average molecular weight is 178 g/mol. The van der Waals surface area contributed by atoms with E-state index < -0.39 is 0 Å². The SMILES string of the molecule is Cc1ccnc(C(=O)CCCN)c1. The van der Waals surface area contributed by atoms with Gasteiger partial charge >= 0.3 is 0 Å². The van der Waals surface area contributed by atoms with Gasteiger partial charge in [0.25, 0.3) is 0 Å². The second kappa shape index (κ2) is 4.72. The first-order chi connectivity index (χ1) is 6.24. The minimum absolute atomic E-state index is 0.0779. The van der Waals surface area contributed by atoms with E-state index in [-0.39, 0.29) is 5.78 Å². The molecule has 0 bridgehead atoms. The molecule has 1 heterocycles. The Morgan fingerprint density at radius 2 is 2.38 bits per heavy atom. The molecule has 2 N–H and O–H groups in total. The third-order valence-electron chi connectivity index (χ3n) is 1.81. The predicted molar refractivity (Wildman–Crippen MR) is 51.6 cm³/mol. The highest BCUT2D eigenvalue weighted by molar-refractivity contribution is 5.94. The van der Waals surface area contributed by atoms with E-state index in [0.717, 1.165) is 12.0 Å². The highest BCUT2D eigenvalue weighted by atomic mass is 16.1. The van der Waals surface area contributed by atoms with Gasteiger partial charge in [-0.05, 0) is 37.6 Å². The third kappa shape index (κ3) is 2.95. The topological polar surface area (TPSA) is 56.0 Å². The van der Waals surface area contributed by atoms with Crippen LogP contribution in [0.1, 0.15) is 28.9 Å². The molecule has 0 saturated carbocycles. The Morgan fingerprint density at radius 3 is 3.00 bits per heavy atom. The van der Waals surface area contributed by atoms with Crippen LogP contribution in [-0.2, 0) is 0 Å². The minimum Gasteiger partial charge on any atom is -0.330 e. The van der Waals surface area contributed by atoms with Gasteiger partial charge in [0.05, 0.1) is 0 Å². The maximum absolute atomic E-state index is 11.4. The largest absolute Gasteiger partial charge is 0.330 e. The lowest BCUT2D eigenvalue weighted by Crippen LogP contribution is -2.06. The smallest absolute Gasteiger partial charge is 0.181 e. The monoisotopic (exact) mass is 178 g/mol. The third-order valence-corrected chi connectivity index (χ3v) is 1.81. The van der Waals surface area contributed by atoms with Gasteiger partial charge in [0.2, 0.25) is 0 Å². The first-order valence-corrected chi connectivity index (χ1v) is 4.40. The minimum atomic E-state index is 0.0779. The summed E-state index contributed by atoms with van der Waals surface area (Å²) in [7, 11) is 0. The summed E-state index contributed by atoms with van der Waals surface area (Å²) in [6.07, 6.45) is 2.88. The van der Waals surface area contributed by atoms with Gasteiger partial charge in [-0.3, -0.25) is 9.78 Å². The molecule has 0 aromatic carbocycles. The quantitative estimate of drug-likeness (QED) is 0.707. The number of nitrogens with two attached hydrogens (primary N) is 1. The summed E-state index contributed by atoms with van der Waals surface area (Å²) in [5, 5.41) is 0. The standard InChI is InChI=1S/C10H14N2O/c1-8-4-6-12-9(7-8)10(13)3-2-5-11/h4,6-7H,2-3,5,11H2,1H3. The fraction of sp³-hybridized carbons (Fsp3) is 0.400. The molecule has 1 aromatic heterocycles. The zero-order valence-corrected chi connectivity index (χ0v) is 7.79. The summed E-state index contributed by atoms with van der Waals surface area (Å²) < 4.78 is 0. The van der Waals surface area contributed by atoms with E-state index in [0.29, 0.717) is 18.7 Å². The van der Waals surface area contributed by atoms with Crippen molar-refractivity contribution in [3.8, 4) is 0 Å². The van der Waals surface area contributed by atoms with Crippen LogP contribution in [0.3, 0.4) is 0 Å². The Bertz CT molecular complexity index is 297. The number of pyridine rings is 1. The van der Waals surface area contributed by atoms with E-state index in [4.69, 9.17) is 5.73 Å². The van der Waals surface area contributed by atoms with Gasteiger partial charge in [-0.25, -0.2) is 0 Å². The molecule has 13 heavy (non-hydrogen) atoms. The van der Waals surface area contributed by atoms with Crippen molar-refractivity contribution >= 4 is 5.78 Å². The molecule has 70 valence electrons. The number of rotatable bonds is 4. The molecule has 0 fully saturated rings. The Labute approximate surface area is 78.0 Å². The van der Waals surface area contributed by atoms with E-state index in [1.807, 2.05) is 13.0 Å². The van der Waals surface area contributed by atoms with E-state index in [1.165, 1.54) is 0 Å². The number of aromatic nitrogens is 1. The van der Waals surface area contributed by atoms with Crippen molar-refractivity contribution < 1.29 is 4.79 Å². The van der Waals surface area contributed by atoms with Crippen molar-refractivity contribution in [3.63, 3.8) is 0 Å².